The van der Waals surface area contributed by atoms with Gasteiger partial charge in [0.2, 0.25) is 0 Å². The first-order valence-electron chi connectivity index (χ1n) is 46.5. The molecule has 0 rings (SSSR count). The maximum Gasteiger partial charge on any atom is 0.349 e. The van der Waals surface area contributed by atoms with Crippen molar-refractivity contribution in [1.82, 2.24) is 0 Å². The van der Waals surface area contributed by atoms with Crippen molar-refractivity contribution in [3.8, 4) is 0 Å². The summed E-state index contributed by atoms with van der Waals surface area (Å²) < 4.78 is 110. The van der Waals surface area contributed by atoms with Crippen molar-refractivity contribution in [3.05, 3.63) is 0 Å². The summed E-state index contributed by atoms with van der Waals surface area (Å²) in [5.41, 5.74) is -4.93. The molecule has 3 N–H and O–H groups in total. The predicted octanol–water partition coefficient (Wildman–Crippen LogP) is 7.55. The van der Waals surface area contributed by atoms with Crippen LogP contribution in [0.4, 0.5) is 0 Å². The molecule has 0 aromatic rings. The molecule has 0 amide bonds. The minimum Gasteiger partial charge on any atom is -0.463 e. The van der Waals surface area contributed by atoms with Gasteiger partial charge in [-0.2, -0.15) is 0 Å². The first kappa shape index (κ1) is 153. The molecule has 7 unspecified atom stereocenters. The summed E-state index contributed by atoms with van der Waals surface area (Å²) in [6, 6.07) is 0. The lowest BCUT2D eigenvalue weighted by molar-refractivity contribution is -0.187. The van der Waals surface area contributed by atoms with Crippen molar-refractivity contribution >= 4 is 124 Å². The molecule has 0 aliphatic rings. The van der Waals surface area contributed by atoms with E-state index in [9.17, 15) is 101 Å². The van der Waals surface area contributed by atoms with Gasteiger partial charge in [0.15, 0.2) is 124 Å². The van der Waals surface area contributed by atoms with Crippen LogP contribution in [0.2, 0.25) is 0 Å². The lowest BCUT2D eigenvalue weighted by Gasteiger charge is -2.21. The van der Waals surface area contributed by atoms with Crippen molar-refractivity contribution in [3.63, 3.8) is 0 Å². The number of ether oxygens (including phenoxy) is 23. The molecule has 47 nitrogen and oxygen atoms in total. The first-order chi connectivity index (χ1) is 66.4. The van der Waals surface area contributed by atoms with Crippen LogP contribution >= 0.6 is 0 Å². The highest BCUT2D eigenvalue weighted by atomic mass is 16.7. The topological polar surface area (TPSA) is 631 Å². The van der Waals surface area contributed by atoms with Crippen LogP contribution in [0.1, 0.15) is 256 Å². The molecule has 0 fully saturated rings. The fourth-order valence-corrected chi connectivity index (χ4v) is 7.58. The number of hydrogen-bond donors (Lipinski definition) is 3. The number of methoxy groups -OCH3 is 3. The van der Waals surface area contributed by atoms with Crippen LogP contribution < -0.4 is 0 Å². The van der Waals surface area contributed by atoms with E-state index in [1.807, 2.05) is 41.5 Å². The van der Waals surface area contributed by atoms with Gasteiger partial charge in [0.05, 0.1) is 75.7 Å². The molecule has 0 aliphatic carbocycles. The summed E-state index contributed by atoms with van der Waals surface area (Å²) in [5.74, 6) is -10.9. The van der Waals surface area contributed by atoms with Crippen molar-refractivity contribution in [2.45, 2.75) is 299 Å². The molecule has 0 saturated heterocycles. The molecule has 0 heterocycles. The highest BCUT2D eigenvalue weighted by Crippen LogP contribution is 2.24. The number of aliphatic hydroxyl groups is 3. The number of hydrogen-bond acceptors (Lipinski definition) is 47. The molecule has 852 valence electrons. The van der Waals surface area contributed by atoms with Crippen molar-refractivity contribution in [2.24, 2.45) is 48.7 Å². The van der Waals surface area contributed by atoms with E-state index in [0.29, 0.717) is 52.9 Å². The molecule has 0 aliphatic heterocycles. The minimum absolute atomic E-state index is 0.0148. The number of ketones is 6. The quantitative estimate of drug-likeness (QED) is 0.0229. The van der Waals surface area contributed by atoms with Crippen LogP contribution in [0.5, 0.6) is 0 Å². The van der Waals surface area contributed by atoms with Gasteiger partial charge in [-0.25, -0.2) is 52.7 Å². The number of aliphatic hydroxyl groups excluding tert-OH is 3. The number of Topliss-reactive ketones (excluding diaryl/α,β-unsaturated/α-hetero) is 6. The maximum absolute atomic E-state index is 11.8. The van der Waals surface area contributed by atoms with E-state index in [-0.39, 0.29) is 98.6 Å². The Morgan fingerprint density at radius 2 is 0.541 bits per heavy atom. The van der Waals surface area contributed by atoms with Crippen LogP contribution in [0, 0.1) is 48.7 Å². The van der Waals surface area contributed by atoms with E-state index < -0.39 is 210 Å². The first-order valence-corrected chi connectivity index (χ1v) is 46.5. The molecule has 0 spiro atoms. The molecule has 47 heteroatoms. The fourth-order valence-electron chi connectivity index (χ4n) is 7.58. The summed E-state index contributed by atoms with van der Waals surface area (Å²) in [4.78, 5) is 236. The molecule has 146 heavy (non-hydrogen) atoms. The maximum atomic E-state index is 11.8. The largest absolute Gasteiger partial charge is 0.463 e. The molecular formula is C99H174O47. The van der Waals surface area contributed by atoms with Gasteiger partial charge in [0.1, 0.15) is 33.0 Å². The Morgan fingerprint density at radius 3 is 0.856 bits per heavy atom. The zero-order valence-corrected chi connectivity index (χ0v) is 93.9. The van der Waals surface area contributed by atoms with E-state index in [2.05, 4.69) is 33.2 Å². The summed E-state index contributed by atoms with van der Waals surface area (Å²) >= 11 is 0. The van der Waals surface area contributed by atoms with E-state index in [1.54, 1.807) is 173 Å². The second-order valence-corrected chi connectivity index (χ2v) is 40.1. The van der Waals surface area contributed by atoms with E-state index in [0.717, 1.165) is 6.92 Å². The Balaban J connectivity index is -0.000000207. The van der Waals surface area contributed by atoms with Crippen LogP contribution in [0.3, 0.4) is 0 Å². The Labute approximate surface area is 860 Å². The van der Waals surface area contributed by atoms with Crippen LogP contribution in [0.15, 0.2) is 0 Å². The van der Waals surface area contributed by atoms with E-state index in [1.165, 1.54) is 55.8 Å². The van der Waals surface area contributed by atoms with Crippen molar-refractivity contribution in [2.75, 3.05) is 167 Å². The third-order valence-corrected chi connectivity index (χ3v) is 16.4. The van der Waals surface area contributed by atoms with Crippen LogP contribution in [0.25, 0.3) is 0 Å². The average molecular weight is 2120 g/mol. The van der Waals surface area contributed by atoms with Gasteiger partial charge in [-0.3, -0.25) is 47.9 Å². The molecule has 0 radical (unpaired) electrons. The van der Waals surface area contributed by atoms with Gasteiger partial charge in [0.25, 0.3) is 0 Å². The molecule has 0 aromatic carbocycles. The van der Waals surface area contributed by atoms with Gasteiger partial charge in [-0.05, 0) is 125 Å². The second-order valence-electron chi connectivity index (χ2n) is 40.1. The normalized spacial score (nSPS) is 12.6. The number of carbonyl (C=O) groups is 21. The average Bonchev–Trinajstić information content (AvgIpc) is 1.45. The lowest BCUT2D eigenvalue weighted by Crippen LogP contribution is -2.35. The van der Waals surface area contributed by atoms with E-state index >= 15 is 0 Å². The molecule has 7 atom stereocenters. The van der Waals surface area contributed by atoms with Gasteiger partial charge in [-0.1, -0.05) is 125 Å². The standard InChI is InChI=1S/C13H20O7.C13H22O6.2C11H18O6.C11H20O5.C11H22O4.C10H18O4.C10H20O4.C9H16O5/c1-8(12(17)13(3,4)5)20-11(16)7-19-10(15)6-18-9(2)14;1-6-17-7-10(14)18-8-11(15)19-9(2)12(16)13(3,4)5;1-7(17-9(14)5-12)10(15)16-6-8(13)11(2,3)4;1-7(10(15)11(2,3)4)17-9(14)6-16-8(13)5-12;1-7(9(12)16-8(2)14-6)15-10(13)11(3,4)5;1-11(2,3)10(12)9-15-8-7-14-6-5-13-4;1-6-13-8(11)7(2)14-9(12)10(3,4)5;1-10(2,3)9(12)8-14-7-6-13-5-4-11;1-9(2,3)8(11)13-5-7(10)14-6-12-4/h8H,6-7H2,1-5H3;9H,6-8H2,1-5H3;2*7,12H,5-6H2,1-4H3;7-8H,1-6H3;5-9H2,1-4H3;7H,6H2,1-5H3;11H,4-8H2,1-3H3;5-6H2,1-4H3. The van der Waals surface area contributed by atoms with Crippen molar-refractivity contribution < 1.29 is 225 Å². The lowest BCUT2D eigenvalue weighted by atomic mass is 9.88. The monoisotopic (exact) mass is 2120 g/mol. The second kappa shape index (κ2) is 80.7. The summed E-state index contributed by atoms with van der Waals surface area (Å²) in [7, 11) is 4.44. The minimum atomic E-state index is -1.14. The van der Waals surface area contributed by atoms with Gasteiger partial charge >= 0.3 is 89.5 Å². The molecular weight excluding hydrogens is 1940 g/mol. The van der Waals surface area contributed by atoms with Gasteiger partial charge < -0.3 is 124 Å². The third kappa shape index (κ3) is 92.2. The van der Waals surface area contributed by atoms with Crippen LogP contribution in [-0.2, 0) is 210 Å². The number of carbonyl (C=O) groups excluding carboxylic acids is 21. The molecule has 0 saturated carbocycles. The predicted molar refractivity (Wildman–Crippen MR) is 520 cm³/mol. The zero-order valence-electron chi connectivity index (χ0n) is 93.9. The Bertz CT molecular complexity index is 3870. The van der Waals surface area contributed by atoms with Crippen molar-refractivity contribution in [1.29, 1.82) is 0 Å². The van der Waals surface area contributed by atoms with Gasteiger partial charge in [0, 0.05) is 67.3 Å². The number of esters is 15. The Morgan fingerprint density at radius 1 is 0.240 bits per heavy atom. The molecule has 0 aromatic heterocycles. The summed E-state index contributed by atoms with van der Waals surface area (Å²) in [5, 5.41) is 25.2. The fraction of sp³-hybridized carbons (Fsp3) is 0.788. The zero-order chi connectivity index (χ0) is 116. The van der Waals surface area contributed by atoms with Gasteiger partial charge in [-0.15, -0.1) is 0 Å². The van der Waals surface area contributed by atoms with E-state index in [4.69, 9.17) is 91.1 Å². The summed E-state index contributed by atoms with van der Waals surface area (Å²) in [6.45, 7) is 61.3. The highest BCUT2D eigenvalue weighted by Gasteiger charge is 2.36. The summed E-state index contributed by atoms with van der Waals surface area (Å²) in [6.07, 6.45) is -6.22. The SMILES string of the molecule is CC(=O)OCC(=O)OCC(=O)OC(C)C(=O)C(C)(C)C.CC(C)(C)C(=O)COCCOCCO.CC(OC(=O)CO)C(=O)OCC(=O)C(C)(C)C.CC(OC(=O)COC(=O)CO)C(=O)C(C)(C)C.CCOC(=O)C(C)OC(=O)C(C)(C)C.CCOCC(=O)OCC(=O)OC(C)C(=O)C(C)(C)C.COC(C)OC(=O)C(C)OC(=O)C(C)(C)C.COCCOCCOCC(=O)C(C)(C)C.COCOC(=O)COC(=O)C(C)(C)C. The third-order valence-electron chi connectivity index (χ3n) is 16.4. The Kier molecular flexibility index (Phi) is 84.7. The highest BCUT2D eigenvalue weighted by molar-refractivity contribution is 5.93. The van der Waals surface area contributed by atoms with Crippen LogP contribution in [-0.4, -0.2) is 349 Å². The number of rotatable bonds is 49. The smallest absolute Gasteiger partial charge is 0.349 e. The Hall–Kier alpha value is -10.4. The molecule has 0 bridgehead atoms.